The van der Waals surface area contributed by atoms with Crippen LogP contribution in [0.25, 0.3) is 0 Å². The van der Waals surface area contributed by atoms with E-state index >= 15 is 0 Å². The third-order valence-corrected chi connectivity index (χ3v) is 2.94. The van der Waals surface area contributed by atoms with Gasteiger partial charge in [0, 0.05) is 26.3 Å². The van der Waals surface area contributed by atoms with Gasteiger partial charge >= 0.3 is 0 Å². The Balaban J connectivity index is 2.50. The normalized spacial score (nSPS) is 10.8. The molecule has 0 radical (unpaired) electrons. The van der Waals surface area contributed by atoms with E-state index in [0.29, 0.717) is 12.6 Å². The molecule has 0 heterocycles. The molecular formula is C16H27NO3. The van der Waals surface area contributed by atoms with Gasteiger partial charge in [-0.3, -0.25) is 0 Å². The van der Waals surface area contributed by atoms with Gasteiger partial charge in [-0.15, -0.1) is 0 Å². The molecule has 1 aromatic carbocycles. The second-order valence-corrected chi connectivity index (χ2v) is 5.07. The molecule has 0 aromatic heterocycles. The summed E-state index contributed by atoms with van der Waals surface area (Å²) in [6, 6.07) is 6.55. The van der Waals surface area contributed by atoms with E-state index in [9.17, 15) is 0 Å². The average Bonchev–Trinajstić information content (AvgIpc) is 2.45. The number of benzene rings is 1. The number of hydrogen-bond acceptors (Lipinski definition) is 4. The Morgan fingerprint density at radius 3 is 2.45 bits per heavy atom. The van der Waals surface area contributed by atoms with E-state index in [1.165, 1.54) is 5.56 Å². The van der Waals surface area contributed by atoms with Crippen LogP contribution in [0.2, 0.25) is 0 Å². The maximum Gasteiger partial charge on any atom is 0.161 e. The van der Waals surface area contributed by atoms with Gasteiger partial charge in [0.2, 0.25) is 0 Å². The molecule has 0 spiro atoms. The molecule has 0 unspecified atom stereocenters. The van der Waals surface area contributed by atoms with E-state index in [1.54, 1.807) is 14.2 Å². The molecule has 0 atom stereocenters. The van der Waals surface area contributed by atoms with Crippen LogP contribution in [0.5, 0.6) is 11.5 Å². The highest BCUT2D eigenvalue weighted by Gasteiger charge is 2.06. The summed E-state index contributed by atoms with van der Waals surface area (Å²) in [5.74, 6) is 1.60. The first kappa shape index (κ1) is 16.8. The van der Waals surface area contributed by atoms with E-state index in [0.717, 1.165) is 37.5 Å². The van der Waals surface area contributed by atoms with Crippen molar-refractivity contribution in [3.63, 3.8) is 0 Å². The summed E-state index contributed by atoms with van der Waals surface area (Å²) in [4.78, 5) is 0. The van der Waals surface area contributed by atoms with Crippen molar-refractivity contribution in [1.29, 1.82) is 0 Å². The predicted molar refractivity (Wildman–Crippen MR) is 81.6 cm³/mol. The first-order valence-electron chi connectivity index (χ1n) is 7.19. The fourth-order valence-corrected chi connectivity index (χ4v) is 1.79. The van der Waals surface area contributed by atoms with Gasteiger partial charge in [-0.1, -0.05) is 19.9 Å². The minimum Gasteiger partial charge on any atom is -0.493 e. The van der Waals surface area contributed by atoms with Gasteiger partial charge in [-0.25, -0.2) is 0 Å². The first-order valence-corrected chi connectivity index (χ1v) is 7.19. The van der Waals surface area contributed by atoms with Gasteiger partial charge < -0.3 is 19.5 Å². The zero-order valence-electron chi connectivity index (χ0n) is 13.1. The Labute approximate surface area is 122 Å². The van der Waals surface area contributed by atoms with Gasteiger partial charge in [0.25, 0.3) is 0 Å². The van der Waals surface area contributed by atoms with Crippen molar-refractivity contribution in [1.82, 2.24) is 5.32 Å². The molecule has 4 nitrogen and oxygen atoms in total. The van der Waals surface area contributed by atoms with E-state index in [2.05, 4.69) is 25.2 Å². The summed E-state index contributed by atoms with van der Waals surface area (Å²) in [5, 5.41) is 3.39. The lowest BCUT2D eigenvalue weighted by molar-refractivity contribution is 0.183. The van der Waals surface area contributed by atoms with Crippen molar-refractivity contribution in [3.8, 4) is 11.5 Å². The minimum absolute atomic E-state index is 0.470. The summed E-state index contributed by atoms with van der Waals surface area (Å²) in [6.07, 6.45) is 1.99. The second kappa shape index (κ2) is 9.61. The Bertz CT molecular complexity index is 380. The molecular weight excluding hydrogens is 254 g/mol. The van der Waals surface area contributed by atoms with Crippen molar-refractivity contribution in [2.45, 2.75) is 39.3 Å². The third kappa shape index (κ3) is 6.26. The summed E-state index contributed by atoms with van der Waals surface area (Å²) in [5.41, 5.74) is 1.20. The molecule has 0 saturated heterocycles. The smallest absolute Gasteiger partial charge is 0.161 e. The summed E-state index contributed by atoms with van der Waals surface area (Å²) in [6.45, 7) is 6.56. The Morgan fingerprint density at radius 2 is 1.80 bits per heavy atom. The van der Waals surface area contributed by atoms with Crippen molar-refractivity contribution in [2.24, 2.45) is 0 Å². The van der Waals surface area contributed by atoms with Crippen molar-refractivity contribution in [3.05, 3.63) is 23.8 Å². The maximum absolute atomic E-state index is 5.75. The van der Waals surface area contributed by atoms with Crippen LogP contribution in [0.1, 0.15) is 32.3 Å². The lowest BCUT2D eigenvalue weighted by Crippen LogP contribution is -2.21. The maximum atomic E-state index is 5.75. The van der Waals surface area contributed by atoms with E-state index in [4.69, 9.17) is 14.2 Å². The molecule has 0 fully saturated rings. The summed E-state index contributed by atoms with van der Waals surface area (Å²) >= 11 is 0. The van der Waals surface area contributed by atoms with Crippen LogP contribution in [0.3, 0.4) is 0 Å². The minimum atomic E-state index is 0.470. The number of unbranched alkanes of at least 4 members (excludes halogenated alkanes) is 1. The van der Waals surface area contributed by atoms with Gasteiger partial charge in [-0.05, 0) is 30.5 Å². The van der Waals surface area contributed by atoms with Crippen LogP contribution in [0.15, 0.2) is 18.2 Å². The number of nitrogens with one attached hydrogen (secondary N) is 1. The van der Waals surface area contributed by atoms with E-state index < -0.39 is 0 Å². The number of ether oxygens (including phenoxy) is 3. The van der Waals surface area contributed by atoms with Crippen molar-refractivity contribution >= 4 is 0 Å². The lowest BCUT2D eigenvalue weighted by Gasteiger charge is -2.13. The van der Waals surface area contributed by atoms with Gasteiger partial charge in [0.15, 0.2) is 11.5 Å². The first-order chi connectivity index (χ1) is 9.67. The Kier molecular flexibility index (Phi) is 8.07. The predicted octanol–water partition coefficient (Wildman–Crippen LogP) is 3.00. The van der Waals surface area contributed by atoms with Crippen LogP contribution in [-0.2, 0) is 11.3 Å². The fourth-order valence-electron chi connectivity index (χ4n) is 1.79. The SMILES string of the molecule is COCCCCOc1ccc(CNC(C)C)cc1OC. The molecule has 0 aliphatic rings. The van der Waals surface area contributed by atoms with Crippen LogP contribution in [0, 0.1) is 0 Å². The van der Waals surface area contributed by atoms with Crippen LogP contribution < -0.4 is 14.8 Å². The van der Waals surface area contributed by atoms with Gasteiger partial charge in [0.05, 0.1) is 13.7 Å². The van der Waals surface area contributed by atoms with Crippen LogP contribution in [-0.4, -0.2) is 33.5 Å². The lowest BCUT2D eigenvalue weighted by atomic mass is 10.2. The number of methoxy groups -OCH3 is 2. The summed E-state index contributed by atoms with van der Waals surface area (Å²) in [7, 11) is 3.39. The van der Waals surface area contributed by atoms with Crippen molar-refractivity contribution in [2.75, 3.05) is 27.4 Å². The highest BCUT2D eigenvalue weighted by Crippen LogP contribution is 2.28. The number of rotatable bonds is 10. The molecule has 0 aliphatic carbocycles. The van der Waals surface area contributed by atoms with Crippen molar-refractivity contribution < 1.29 is 14.2 Å². The quantitative estimate of drug-likeness (QED) is 0.669. The Morgan fingerprint density at radius 1 is 1.05 bits per heavy atom. The zero-order chi connectivity index (χ0) is 14.8. The van der Waals surface area contributed by atoms with E-state index in [-0.39, 0.29) is 0 Å². The van der Waals surface area contributed by atoms with Gasteiger partial charge in [0.1, 0.15) is 0 Å². The molecule has 20 heavy (non-hydrogen) atoms. The molecule has 1 aromatic rings. The largest absolute Gasteiger partial charge is 0.493 e. The van der Waals surface area contributed by atoms with Crippen LogP contribution >= 0.6 is 0 Å². The highest BCUT2D eigenvalue weighted by molar-refractivity contribution is 5.42. The monoisotopic (exact) mass is 281 g/mol. The summed E-state index contributed by atoms with van der Waals surface area (Å²) < 4.78 is 16.2. The molecule has 1 N–H and O–H groups in total. The highest BCUT2D eigenvalue weighted by atomic mass is 16.5. The molecule has 0 bridgehead atoms. The standard InChI is InChI=1S/C16H27NO3/c1-13(2)17-12-14-7-8-15(16(11-14)19-4)20-10-6-5-9-18-3/h7-8,11,13,17H,5-6,9-10,12H2,1-4H3. The number of hydrogen-bond donors (Lipinski definition) is 1. The Hall–Kier alpha value is -1.26. The molecule has 0 amide bonds. The average molecular weight is 281 g/mol. The zero-order valence-corrected chi connectivity index (χ0v) is 13.1. The third-order valence-electron chi connectivity index (χ3n) is 2.94. The molecule has 114 valence electrons. The second-order valence-electron chi connectivity index (χ2n) is 5.07. The molecule has 0 aliphatic heterocycles. The van der Waals surface area contributed by atoms with Gasteiger partial charge in [-0.2, -0.15) is 0 Å². The molecule has 0 saturated carbocycles. The fraction of sp³-hybridized carbons (Fsp3) is 0.625. The van der Waals surface area contributed by atoms with E-state index in [1.807, 2.05) is 12.1 Å². The van der Waals surface area contributed by atoms with Crippen LogP contribution in [0.4, 0.5) is 0 Å². The topological polar surface area (TPSA) is 39.7 Å². The molecule has 4 heteroatoms. The molecule has 1 rings (SSSR count).